The Balaban J connectivity index is 0. The summed E-state index contributed by atoms with van der Waals surface area (Å²) in [7, 11) is 0. The van der Waals surface area contributed by atoms with Gasteiger partial charge in [0, 0.05) is 0 Å². The highest BCUT2D eigenvalue weighted by Crippen LogP contribution is 2.15. The zero-order valence-corrected chi connectivity index (χ0v) is 20.0. The van der Waals surface area contributed by atoms with Crippen molar-refractivity contribution >= 4 is 12.3 Å². The Kier molecular flexibility index (Phi) is 19.8. The standard InChI is InChI=1S/C16H34O2.C6H10O6/c1-5-9-11-15(7-3)13-17-18-14-16(8-4)12-10-6-2;1-6(2,3)10-5(9)12-11-4(7)8/h15-16H,5-14H2,1-4H3;1-3H3,(H,7,8). The van der Waals surface area contributed by atoms with E-state index in [2.05, 4.69) is 42.2 Å². The van der Waals surface area contributed by atoms with Gasteiger partial charge in [0.15, 0.2) is 0 Å². The molecule has 180 valence electrons. The molecule has 0 aromatic rings. The summed E-state index contributed by atoms with van der Waals surface area (Å²) in [4.78, 5) is 38.2. The largest absolute Gasteiger partial charge is 0.550 e. The van der Waals surface area contributed by atoms with E-state index < -0.39 is 17.9 Å². The predicted molar refractivity (Wildman–Crippen MR) is 115 cm³/mol. The van der Waals surface area contributed by atoms with Crippen LogP contribution in [0.3, 0.4) is 0 Å². The molecule has 0 fully saturated rings. The van der Waals surface area contributed by atoms with Gasteiger partial charge in [0.25, 0.3) is 0 Å². The second-order valence-corrected chi connectivity index (χ2v) is 8.30. The monoisotopic (exact) mass is 436 g/mol. The van der Waals surface area contributed by atoms with E-state index in [1.807, 2.05) is 0 Å². The third kappa shape index (κ3) is 22.7. The molecular formula is C22H44O8. The van der Waals surface area contributed by atoms with E-state index in [0.29, 0.717) is 11.8 Å². The summed E-state index contributed by atoms with van der Waals surface area (Å²) in [5.74, 6) is 1.33. The van der Waals surface area contributed by atoms with Crippen LogP contribution in [0.2, 0.25) is 0 Å². The lowest BCUT2D eigenvalue weighted by atomic mass is 10.0. The van der Waals surface area contributed by atoms with E-state index in [1.54, 1.807) is 20.8 Å². The molecule has 0 aromatic heterocycles. The molecule has 0 aliphatic carbocycles. The first-order valence-corrected chi connectivity index (χ1v) is 11.1. The minimum Gasteiger partial charge on any atom is -0.447 e. The fraction of sp³-hybridized carbons (Fsp3) is 0.909. The third-order valence-electron chi connectivity index (χ3n) is 4.35. The fourth-order valence-electron chi connectivity index (χ4n) is 2.42. The Morgan fingerprint density at radius 2 is 1.23 bits per heavy atom. The summed E-state index contributed by atoms with van der Waals surface area (Å²) in [6.45, 7) is 15.3. The van der Waals surface area contributed by atoms with E-state index >= 15 is 0 Å². The molecule has 0 heterocycles. The predicted octanol–water partition coefficient (Wildman–Crippen LogP) is 6.92. The Labute approximate surface area is 182 Å². The molecule has 1 N–H and O–H groups in total. The van der Waals surface area contributed by atoms with Crippen molar-refractivity contribution < 1.29 is 39.0 Å². The number of hydrogen-bond donors (Lipinski definition) is 1. The van der Waals surface area contributed by atoms with Crippen LogP contribution in [0.4, 0.5) is 9.59 Å². The van der Waals surface area contributed by atoms with E-state index in [4.69, 9.17) is 14.9 Å². The molecule has 0 aliphatic heterocycles. The maximum absolute atomic E-state index is 10.5. The van der Waals surface area contributed by atoms with Gasteiger partial charge in [-0.05, 0) is 45.4 Å². The summed E-state index contributed by atoms with van der Waals surface area (Å²) in [5, 5.41) is 7.91. The highest BCUT2D eigenvalue weighted by molar-refractivity contribution is 5.62. The van der Waals surface area contributed by atoms with Gasteiger partial charge in [0.1, 0.15) is 5.60 Å². The van der Waals surface area contributed by atoms with Crippen molar-refractivity contribution in [2.75, 3.05) is 13.2 Å². The minimum absolute atomic E-state index is 0.667. The molecular weight excluding hydrogens is 392 g/mol. The van der Waals surface area contributed by atoms with Crippen molar-refractivity contribution in [3.05, 3.63) is 0 Å². The normalized spacial score (nSPS) is 12.9. The molecule has 30 heavy (non-hydrogen) atoms. The van der Waals surface area contributed by atoms with Gasteiger partial charge < -0.3 is 9.84 Å². The van der Waals surface area contributed by atoms with Crippen LogP contribution >= 0.6 is 0 Å². The molecule has 0 spiro atoms. The first-order chi connectivity index (χ1) is 14.1. The van der Waals surface area contributed by atoms with Crippen LogP contribution in [-0.2, 0) is 24.3 Å². The Morgan fingerprint density at radius 3 is 1.53 bits per heavy atom. The van der Waals surface area contributed by atoms with Crippen LogP contribution in [-0.4, -0.2) is 36.2 Å². The molecule has 0 aliphatic rings. The quantitative estimate of drug-likeness (QED) is 0.144. The number of rotatable bonds is 13. The van der Waals surface area contributed by atoms with Gasteiger partial charge in [0.2, 0.25) is 0 Å². The van der Waals surface area contributed by atoms with Crippen molar-refractivity contribution in [3.8, 4) is 0 Å². The molecule has 0 aromatic carbocycles. The lowest BCUT2D eigenvalue weighted by molar-refractivity contribution is -0.308. The zero-order valence-electron chi connectivity index (χ0n) is 20.0. The van der Waals surface area contributed by atoms with Gasteiger partial charge in [0.05, 0.1) is 13.2 Å². The number of carbonyl (C=O) groups excluding carboxylic acids is 1. The molecule has 2 unspecified atom stereocenters. The van der Waals surface area contributed by atoms with Gasteiger partial charge >= 0.3 is 12.3 Å². The van der Waals surface area contributed by atoms with Crippen molar-refractivity contribution in [2.24, 2.45) is 11.8 Å². The van der Waals surface area contributed by atoms with Crippen LogP contribution in [0.15, 0.2) is 0 Å². The summed E-state index contributed by atoms with van der Waals surface area (Å²) in [6, 6.07) is 0. The summed E-state index contributed by atoms with van der Waals surface area (Å²) in [5.41, 5.74) is -0.737. The zero-order chi connectivity index (χ0) is 23.4. The number of hydrogen-bond acceptors (Lipinski definition) is 7. The van der Waals surface area contributed by atoms with Gasteiger partial charge in [-0.3, -0.25) is 0 Å². The fourth-order valence-corrected chi connectivity index (χ4v) is 2.42. The molecule has 0 rings (SSSR count). The van der Waals surface area contributed by atoms with Crippen LogP contribution in [0.25, 0.3) is 0 Å². The van der Waals surface area contributed by atoms with Crippen LogP contribution in [0.1, 0.15) is 99.8 Å². The van der Waals surface area contributed by atoms with Crippen molar-refractivity contribution in [2.45, 2.75) is 105 Å². The van der Waals surface area contributed by atoms with Crippen LogP contribution in [0.5, 0.6) is 0 Å². The van der Waals surface area contributed by atoms with Crippen molar-refractivity contribution in [1.29, 1.82) is 0 Å². The number of ether oxygens (including phenoxy) is 1. The topological polar surface area (TPSA) is 101 Å². The maximum atomic E-state index is 10.5. The summed E-state index contributed by atoms with van der Waals surface area (Å²) >= 11 is 0. The lowest BCUT2D eigenvalue weighted by Gasteiger charge is -2.17. The molecule has 0 amide bonds. The van der Waals surface area contributed by atoms with Crippen LogP contribution < -0.4 is 0 Å². The molecule has 0 bridgehead atoms. The second-order valence-electron chi connectivity index (χ2n) is 8.30. The smallest absolute Gasteiger partial charge is 0.447 e. The van der Waals surface area contributed by atoms with E-state index in [9.17, 15) is 9.59 Å². The van der Waals surface area contributed by atoms with E-state index in [-0.39, 0.29) is 0 Å². The lowest BCUT2D eigenvalue weighted by Crippen LogP contribution is -2.25. The SMILES string of the molecule is CC(C)(C)OC(=O)OOC(=O)O.CCCCC(CC)COOCC(CC)CCCC. The van der Waals surface area contributed by atoms with E-state index in [1.165, 1.54) is 51.4 Å². The molecule has 2 atom stereocenters. The van der Waals surface area contributed by atoms with Crippen molar-refractivity contribution in [3.63, 3.8) is 0 Å². The molecule has 0 saturated heterocycles. The highest BCUT2D eigenvalue weighted by atomic mass is 17.3. The van der Waals surface area contributed by atoms with E-state index in [0.717, 1.165) is 13.2 Å². The van der Waals surface area contributed by atoms with Gasteiger partial charge in [-0.15, -0.1) is 0 Å². The number of carboxylic acid groups (broad SMARTS) is 1. The van der Waals surface area contributed by atoms with Crippen molar-refractivity contribution in [1.82, 2.24) is 0 Å². The first-order valence-electron chi connectivity index (χ1n) is 11.1. The average Bonchev–Trinajstić information content (AvgIpc) is 2.67. The second kappa shape index (κ2) is 19.4. The van der Waals surface area contributed by atoms with Crippen LogP contribution in [0, 0.1) is 11.8 Å². The molecule has 8 nitrogen and oxygen atoms in total. The Hall–Kier alpha value is -1.54. The molecule has 0 saturated carbocycles. The number of carbonyl (C=O) groups is 2. The minimum atomic E-state index is -1.71. The molecule has 8 heteroatoms. The molecule has 0 radical (unpaired) electrons. The Bertz CT molecular complexity index is 402. The third-order valence-corrected chi connectivity index (χ3v) is 4.35. The number of unbranched alkanes of at least 4 members (excludes halogenated alkanes) is 2. The van der Waals surface area contributed by atoms with Gasteiger partial charge in [-0.2, -0.15) is 9.68 Å². The first kappa shape index (κ1) is 30.7. The highest BCUT2D eigenvalue weighted by Gasteiger charge is 2.19. The van der Waals surface area contributed by atoms with Gasteiger partial charge in [-0.25, -0.2) is 19.5 Å². The summed E-state index contributed by atoms with van der Waals surface area (Å²) < 4.78 is 4.54. The van der Waals surface area contributed by atoms with Gasteiger partial charge in [-0.1, -0.05) is 66.2 Å². The average molecular weight is 437 g/mol. The summed E-state index contributed by atoms with van der Waals surface area (Å²) in [6.07, 6.45) is 7.16. The maximum Gasteiger partial charge on any atom is 0.550 e. The Morgan fingerprint density at radius 1 is 0.800 bits per heavy atom.